The second kappa shape index (κ2) is 14.9. The lowest BCUT2D eigenvalue weighted by atomic mass is 10.0. The molecule has 1 fully saturated rings. The highest BCUT2D eigenvalue weighted by atomic mass is 32.1. The van der Waals surface area contributed by atoms with Gasteiger partial charge in [0.25, 0.3) is 5.91 Å². The predicted molar refractivity (Wildman–Crippen MR) is 169 cm³/mol. The van der Waals surface area contributed by atoms with Crippen molar-refractivity contribution >= 4 is 40.5 Å². The standard InChI is InChI=1S/C31H39N7O4S/c1-36-12-14-37(15-13-36)10-5-11-38(18-24-8-9-27(33-17-24)30(39)34-28-22-43-21-26(28)32)31(40)35-29-20-41-19-25(42-29)16-23-6-3-2-4-7-23/h2-3,6,8-9,17,19,21-22H,4-5,7,10-16,18,20,32H2,1H3,(H,34,39). The van der Waals surface area contributed by atoms with Crippen molar-refractivity contribution in [3.63, 3.8) is 0 Å². The second-order valence-corrected chi connectivity index (χ2v) is 11.7. The fraction of sp³-hybridized carbons (Fsp3) is 0.419. The van der Waals surface area contributed by atoms with Crippen molar-refractivity contribution in [2.24, 2.45) is 4.99 Å². The van der Waals surface area contributed by atoms with Gasteiger partial charge in [-0.05, 0) is 44.5 Å². The van der Waals surface area contributed by atoms with Gasteiger partial charge < -0.3 is 35.2 Å². The molecule has 1 aliphatic carbocycles. The van der Waals surface area contributed by atoms with Crippen LogP contribution in [0, 0.1) is 0 Å². The Labute approximate surface area is 256 Å². The minimum absolute atomic E-state index is 0.101. The number of hydrogen-bond donors (Lipinski definition) is 2. The van der Waals surface area contributed by atoms with Crippen molar-refractivity contribution in [3.8, 4) is 0 Å². The molecule has 3 amide bonds. The fourth-order valence-corrected chi connectivity index (χ4v) is 5.68. The van der Waals surface area contributed by atoms with Crippen LogP contribution in [-0.2, 0) is 16.0 Å². The van der Waals surface area contributed by atoms with Gasteiger partial charge in [-0.2, -0.15) is 4.99 Å². The molecule has 0 radical (unpaired) electrons. The third-order valence-corrected chi connectivity index (χ3v) is 8.29. The van der Waals surface area contributed by atoms with Gasteiger partial charge in [-0.15, -0.1) is 11.3 Å². The summed E-state index contributed by atoms with van der Waals surface area (Å²) in [5.41, 5.74) is 9.26. The van der Waals surface area contributed by atoms with Gasteiger partial charge in [0, 0.05) is 62.6 Å². The summed E-state index contributed by atoms with van der Waals surface area (Å²) < 4.78 is 11.5. The number of nitrogen functional groups attached to an aromatic ring is 1. The lowest BCUT2D eigenvalue weighted by Crippen LogP contribution is -2.45. The molecule has 0 spiro atoms. The molecule has 0 bridgehead atoms. The minimum Gasteiger partial charge on any atom is -0.488 e. The van der Waals surface area contributed by atoms with Crippen molar-refractivity contribution in [1.82, 2.24) is 19.7 Å². The quantitative estimate of drug-likeness (QED) is 0.406. The number of likely N-dealkylation sites (N-methyl/N-ethyl adjacent to an activating group) is 1. The van der Waals surface area contributed by atoms with Gasteiger partial charge in [0.1, 0.15) is 17.7 Å². The summed E-state index contributed by atoms with van der Waals surface area (Å²) in [5, 5.41) is 6.32. The van der Waals surface area contributed by atoms with E-state index >= 15 is 0 Å². The number of ether oxygens (including phenoxy) is 2. The molecular weight excluding hydrogens is 566 g/mol. The number of aliphatic imine (C=N–C) groups is 1. The molecule has 0 aromatic carbocycles. The Hall–Kier alpha value is -4.00. The van der Waals surface area contributed by atoms with Crippen LogP contribution in [-0.4, -0.2) is 90.4 Å². The summed E-state index contributed by atoms with van der Waals surface area (Å²) in [6.07, 6.45) is 12.9. The molecule has 0 saturated carbocycles. The maximum absolute atomic E-state index is 13.5. The summed E-state index contributed by atoms with van der Waals surface area (Å²) in [6.45, 7) is 5.94. The first-order valence-electron chi connectivity index (χ1n) is 14.6. The van der Waals surface area contributed by atoms with E-state index < -0.39 is 6.03 Å². The molecular formula is C31H39N7O4S. The van der Waals surface area contributed by atoms with Crippen molar-refractivity contribution in [2.45, 2.75) is 32.2 Å². The number of hydrogen-bond acceptors (Lipinski definition) is 9. The van der Waals surface area contributed by atoms with Crippen LogP contribution in [0.25, 0.3) is 0 Å². The van der Waals surface area contributed by atoms with E-state index in [2.05, 4.69) is 50.4 Å². The number of anilines is 2. The highest BCUT2D eigenvalue weighted by Gasteiger charge is 2.21. The molecule has 3 aliphatic rings. The largest absolute Gasteiger partial charge is 0.488 e. The third kappa shape index (κ3) is 8.99. The van der Waals surface area contributed by atoms with E-state index in [1.54, 1.807) is 40.3 Å². The van der Waals surface area contributed by atoms with Crippen LogP contribution in [0.15, 0.2) is 69.9 Å². The zero-order valence-corrected chi connectivity index (χ0v) is 25.4. The number of aromatic nitrogens is 1. The van der Waals surface area contributed by atoms with Gasteiger partial charge in [-0.3, -0.25) is 9.78 Å². The predicted octanol–water partition coefficient (Wildman–Crippen LogP) is 4.49. The highest BCUT2D eigenvalue weighted by molar-refractivity contribution is 7.09. The molecule has 0 atom stereocenters. The average Bonchev–Trinajstić information content (AvgIpc) is 3.42. The van der Waals surface area contributed by atoms with Gasteiger partial charge in [-0.25, -0.2) is 4.79 Å². The van der Waals surface area contributed by atoms with Crippen LogP contribution in [0.1, 0.15) is 41.7 Å². The van der Waals surface area contributed by atoms with Crippen molar-refractivity contribution in [3.05, 3.63) is 76.2 Å². The summed E-state index contributed by atoms with van der Waals surface area (Å²) >= 11 is 1.41. The number of nitrogens with one attached hydrogen (secondary N) is 1. The monoisotopic (exact) mass is 605 g/mol. The molecule has 12 heteroatoms. The number of nitrogens with zero attached hydrogens (tertiary/aromatic N) is 5. The number of carbonyl (C=O) groups excluding carboxylic acids is 2. The number of carbonyl (C=O) groups is 2. The fourth-order valence-electron chi connectivity index (χ4n) is 5.01. The van der Waals surface area contributed by atoms with Gasteiger partial charge in [0.2, 0.25) is 5.90 Å². The van der Waals surface area contributed by atoms with Crippen molar-refractivity contribution in [1.29, 1.82) is 0 Å². The van der Waals surface area contributed by atoms with Crippen molar-refractivity contribution < 1.29 is 19.1 Å². The number of amides is 3. The maximum Gasteiger partial charge on any atom is 0.346 e. The number of allylic oxidation sites excluding steroid dienone is 4. The molecule has 2 aromatic rings. The normalized spacial score (nSPS) is 18.4. The van der Waals surface area contributed by atoms with Crippen LogP contribution in [0.4, 0.5) is 16.2 Å². The Balaban J connectivity index is 1.22. The lowest BCUT2D eigenvalue weighted by Gasteiger charge is -2.32. The van der Waals surface area contributed by atoms with Gasteiger partial charge in [0.05, 0.1) is 11.4 Å². The molecule has 0 unspecified atom stereocenters. The zero-order chi connectivity index (χ0) is 30.0. The van der Waals surface area contributed by atoms with E-state index in [1.165, 1.54) is 16.9 Å². The summed E-state index contributed by atoms with van der Waals surface area (Å²) in [5.74, 6) is 0.543. The van der Waals surface area contributed by atoms with E-state index in [0.29, 0.717) is 36.6 Å². The first-order valence-corrected chi connectivity index (χ1v) is 15.6. The Bertz CT molecular complexity index is 1390. The molecule has 43 heavy (non-hydrogen) atoms. The zero-order valence-electron chi connectivity index (χ0n) is 24.5. The Morgan fingerprint density at radius 1 is 1.21 bits per heavy atom. The molecule has 228 valence electrons. The molecule has 11 nitrogen and oxygen atoms in total. The Morgan fingerprint density at radius 3 is 2.79 bits per heavy atom. The van der Waals surface area contributed by atoms with Crippen LogP contribution in [0.3, 0.4) is 0 Å². The Morgan fingerprint density at radius 2 is 2.07 bits per heavy atom. The maximum atomic E-state index is 13.5. The van der Waals surface area contributed by atoms with E-state index in [1.807, 2.05) is 0 Å². The van der Waals surface area contributed by atoms with Crippen LogP contribution < -0.4 is 11.1 Å². The smallest absolute Gasteiger partial charge is 0.346 e. The van der Waals surface area contributed by atoms with Crippen LogP contribution in [0.2, 0.25) is 0 Å². The summed E-state index contributed by atoms with van der Waals surface area (Å²) in [7, 11) is 2.14. The number of thiophene rings is 1. The lowest BCUT2D eigenvalue weighted by molar-refractivity contribution is 0.102. The first kappa shape index (κ1) is 30.5. The number of piperazine rings is 1. The van der Waals surface area contributed by atoms with Crippen LogP contribution >= 0.6 is 11.3 Å². The number of pyridine rings is 1. The average molecular weight is 606 g/mol. The molecule has 3 N–H and O–H groups in total. The topological polar surface area (TPSA) is 126 Å². The highest BCUT2D eigenvalue weighted by Crippen LogP contribution is 2.24. The molecule has 4 heterocycles. The molecule has 5 rings (SSSR count). The number of urea groups is 1. The van der Waals surface area contributed by atoms with E-state index in [-0.39, 0.29) is 24.1 Å². The summed E-state index contributed by atoms with van der Waals surface area (Å²) in [6, 6.07) is 3.06. The summed E-state index contributed by atoms with van der Waals surface area (Å²) in [4.78, 5) is 41.2. The van der Waals surface area contributed by atoms with Gasteiger partial charge in [0.15, 0.2) is 6.61 Å². The van der Waals surface area contributed by atoms with Crippen LogP contribution in [0.5, 0.6) is 0 Å². The third-order valence-electron chi connectivity index (χ3n) is 7.53. The number of rotatable bonds is 10. The number of nitrogens with two attached hydrogens (primary N) is 1. The van der Waals surface area contributed by atoms with Gasteiger partial charge >= 0.3 is 6.03 Å². The Kier molecular flexibility index (Phi) is 10.6. The first-order chi connectivity index (χ1) is 20.9. The van der Waals surface area contributed by atoms with Gasteiger partial charge in [-0.1, -0.05) is 29.9 Å². The minimum atomic E-state index is -0.396. The molecule has 2 aliphatic heterocycles. The van der Waals surface area contributed by atoms with E-state index in [4.69, 9.17) is 15.2 Å². The second-order valence-electron chi connectivity index (χ2n) is 10.9. The SMILES string of the molecule is CN1CCN(CCCN(Cc2ccc(C(=O)Nc3cscc3N)nc2)C(=O)N=C2COC=C(CC3=CC=CCC3)O2)CC1. The van der Waals surface area contributed by atoms with E-state index in [0.717, 1.165) is 57.5 Å². The molecule has 1 saturated heterocycles. The van der Waals surface area contributed by atoms with Crippen molar-refractivity contribution in [2.75, 3.05) is 64.0 Å². The van der Waals surface area contributed by atoms with E-state index in [9.17, 15) is 9.59 Å². The molecule has 2 aromatic heterocycles.